The zero-order valence-electron chi connectivity index (χ0n) is 18.4. The molecule has 0 saturated carbocycles. The number of imide groups is 1. The Labute approximate surface area is 200 Å². The first-order valence-electron chi connectivity index (χ1n) is 11.2. The Morgan fingerprint density at radius 3 is 2.57 bits per heavy atom. The number of carbonyl (C=O) groups is 2. The standard InChI is InChI=1S/C23H22B2FNO8/c26-17-7-11(4-5-18(17)29)19-9-15-20-16(6-12(10-28)21(15)25(34)35-19)22(30)27(23(20)31)14-3-1-2-13(8-14)24(32)33/h1-5,7-8,15-16,19-20,28-29,32-34H,6,9-10H2/t15-,16-,19-,20+/m0/s1. The molecule has 4 atom stereocenters. The fourth-order valence-corrected chi connectivity index (χ4v) is 5.57. The van der Waals surface area contributed by atoms with Crippen molar-refractivity contribution in [2.75, 3.05) is 11.5 Å². The number of hydrogen-bond donors (Lipinski definition) is 5. The van der Waals surface area contributed by atoms with Gasteiger partial charge in [0, 0.05) is 0 Å². The summed E-state index contributed by atoms with van der Waals surface area (Å²) in [4.78, 5) is 28.0. The quantitative estimate of drug-likeness (QED) is 0.298. The Morgan fingerprint density at radius 2 is 1.89 bits per heavy atom. The average molecular weight is 481 g/mol. The molecule has 180 valence electrons. The van der Waals surface area contributed by atoms with E-state index in [1.807, 2.05) is 0 Å². The summed E-state index contributed by atoms with van der Waals surface area (Å²) in [5.41, 5.74) is 1.43. The Bertz CT molecular complexity index is 1240. The number of carbonyl (C=O) groups excluding carboxylic acids is 2. The third-order valence-electron chi connectivity index (χ3n) is 7.17. The molecule has 0 aromatic heterocycles. The van der Waals surface area contributed by atoms with Gasteiger partial charge in [-0.2, -0.15) is 0 Å². The van der Waals surface area contributed by atoms with Crippen molar-refractivity contribution in [2.45, 2.75) is 18.9 Å². The molecule has 2 aromatic carbocycles. The molecule has 1 aliphatic carbocycles. The number of phenols is 1. The van der Waals surface area contributed by atoms with E-state index >= 15 is 0 Å². The van der Waals surface area contributed by atoms with Crippen LogP contribution in [0.15, 0.2) is 53.5 Å². The lowest BCUT2D eigenvalue weighted by Crippen LogP contribution is -2.45. The third kappa shape index (κ3) is 3.87. The summed E-state index contributed by atoms with van der Waals surface area (Å²) >= 11 is 0. The molecule has 2 saturated heterocycles. The number of aliphatic hydroxyl groups is 1. The van der Waals surface area contributed by atoms with Crippen molar-refractivity contribution in [3.05, 3.63) is 64.9 Å². The number of rotatable bonds is 4. The molecule has 5 N–H and O–H groups in total. The number of aromatic hydroxyl groups is 1. The predicted molar refractivity (Wildman–Crippen MR) is 122 cm³/mol. The van der Waals surface area contributed by atoms with E-state index in [1.165, 1.54) is 36.4 Å². The fraction of sp³-hybridized carbons (Fsp3) is 0.304. The molecule has 2 fully saturated rings. The van der Waals surface area contributed by atoms with E-state index in [9.17, 15) is 39.3 Å². The van der Waals surface area contributed by atoms with Gasteiger partial charge in [-0.3, -0.25) is 14.5 Å². The van der Waals surface area contributed by atoms with Gasteiger partial charge < -0.3 is 29.9 Å². The number of fused-ring (bicyclic) bond motifs is 3. The van der Waals surface area contributed by atoms with Crippen LogP contribution >= 0.6 is 0 Å². The second-order valence-electron chi connectivity index (χ2n) is 9.06. The molecule has 2 aromatic rings. The van der Waals surface area contributed by atoms with Gasteiger partial charge >= 0.3 is 14.2 Å². The second-order valence-corrected chi connectivity index (χ2v) is 9.06. The highest BCUT2D eigenvalue weighted by atomic mass is 19.1. The first-order valence-corrected chi connectivity index (χ1v) is 11.2. The van der Waals surface area contributed by atoms with E-state index in [0.29, 0.717) is 16.6 Å². The molecule has 0 unspecified atom stereocenters. The van der Waals surface area contributed by atoms with Gasteiger partial charge in [-0.1, -0.05) is 18.2 Å². The van der Waals surface area contributed by atoms with Gasteiger partial charge in [0.1, 0.15) is 0 Å². The van der Waals surface area contributed by atoms with Crippen molar-refractivity contribution in [1.82, 2.24) is 0 Å². The van der Waals surface area contributed by atoms with Crippen LogP contribution in [0.3, 0.4) is 0 Å². The number of hydrogen-bond acceptors (Lipinski definition) is 8. The van der Waals surface area contributed by atoms with Crippen LogP contribution in [0.1, 0.15) is 24.5 Å². The number of halogens is 1. The summed E-state index contributed by atoms with van der Waals surface area (Å²) in [7, 11) is -3.25. The fourth-order valence-electron chi connectivity index (χ4n) is 5.57. The molecule has 5 rings (SSSR count). The Balaban J connectivity index is 1.53. The summed E-state index contributed by atoms with van der Waals surface area (Å²) in [6, 6.07) is 9.53. The highest BCUT2D eigenvalue weighted by molar-refractivity contribution is 6.58. The smallest absolute Gasteiger partial charge is 0.488 e. The van der Waals surface area contributed by atoms with Crippen LogP contribution in [0.5, 0.6) is 5.75 Å². The molecular weight excluding hydrogens is 459 g/mol. The molecule has 0 radical (unpaired) electrons. The van der Waals surface area contributed by atoms with Crippen molar-refractivity contribution in [3.63, 3.8) is 0 Å². The van der Waals surface area contributed by atoms with E-state index < -0.39 is 68.1 Å². The van der Waals surface area contributed by atoms with Gasteiger partial charge in [-0.05, 0) is 65.1 Å². The lowest BCUT2D eigenvalue weighted by atomic mass is 9.55. The molecule has 9 nitrogen and oxygen atoms in total. The van der Waals surface area contributed by atoms with Crippen molar-refractivity contribution < 1.29 is 43.9 Å². The molecule has 12 heteroatoms. The van der Waals surface area contributed by atoms with Crippen molar-refractivity contribution in [3.8, 4) is 5.75 Å². The van der Waals surface area contributed by atoms with Crippen molar-refractivity contribution in [2.24, 2.45) is 17.8 Å². The maximum Gasteiger partial charge on any atom is 0.488 e. The van der Waals surface area contributed by atoms with E-state index in [-0.39, 0.29) is 24.0 Å². The maximum absolute atomic E-state index is 14.0. The minimum absolute atomic E-state index is 0.0648. The van der Waals surface area contributed by atoms with Gasteiger partial charge in [0.2, 0.25) is 11.8 Å². The first kappa shape index (κ1) is 23.7. The first-order chi connectivity index (χ1) is 16.7. The van der Waals surface area contributed by atoms with E-state index in [0.717, 1.165) is 11.0 Å². The Hall–Kier alpha value is -3.02. The summed E-state index contributed by atoms with van der Waals surface area (Å²) < 4.78 is 19.7. The molecule has 2 amide bonds. The normalized spacial score (nSPS) is 26.2. The predicted octanol–water partition coefficient (Wildman–Crippen LogP) is -0.193. The highest BCUT2D eigenvalue weighted by Gasteiger charge is 2.58. The number of phenolic OH excluding ortho intramolecular Hbond substituents is 1. The molecule has 2 heterocycles. The summed E-state index contributed by atoms with van der Waals surface area (Å²) in [5, 5.41) is 49.3. The molecule has 3 aliphatic rings. The van der Waals surface area contributed by atoms with Crippen LogP contribution in [0, 0.1) is 23.6 Å². The Morgan fingerprint density at radius 1 is 1.11 bits per heavy atom. The number of amides is 2. The van der Waals surface area contributed by atoms with Crippen LogP contribution in [0.4, 0.5) is 10.1 Å². The lowest BCUT2D eigenvalue weighted by molar-refractivity contribution is -0.123. The van der Waals surface area contributed by atoms with E-state index in [1.54, 1.807) is 0 Å². The van der Waals surface area contributed by atoms with Gasteiger partial charge in [0.25, 0.3) is 0 Å². The lowest BCUT2D eigenvalue weighted by Gasteiger charge is -2.41. The second kappa shape index (κ2) is 8.89. The minimum atomic E-state index is -1.78. The number of allylic oxidation sites excluding steroid dienone is 1. The summed E-state index contributed by atoms with van der Waals surface area (Å²) in [6.07, 6.45) is -0.615. The van der Waals surface area contributed by atoms with Gasteiger partial charge in [-0.15, -0.1) is 0 Å². The largest absolute Gasteiger partial charge is 0.505 e. The number of benzene rings is 2. The van der Waals surface area contributed by atoms with Gasteiger partial charge in [0.05, 0.1) is 30.2 Å². The van der Waals surface area contributed by atoms with Crippen LogP contribution in [-0.4, -0.2) is 57.9 Å². The number of aliphatic hydroxyl groups excluding tert-OH is 1. The molecule has 0 bridgehead atoms. The van der Waals surface area contributed by atoms with Gasteiger partial charge in [-0.25, -0.2) is 4.39 Å². The molecule has 0 spiro atoms. The Kier molecular flexibility index (Phi) is 6.02. The maximum atomic E-state index is 14.0. The topological polar surface area (TPSA) is 148 Å². The molecule has 2 aliphatic heterocycles. The van der Waals surface area contributed by atoms with Crippen LogP contribution < -0.4 is 10.4 Å². The summed E-state index contributed by atoms with van der Waals surface area (Å²) in [5.74, 6) is -4.68. The van der Waals surface area contributed by atoms with Crippen molar-refractivity contribution >= 4 is 37.2 Å². The van der Waals surface area contributed by atoms with E-state index in [2.05, 4.69) is 0 Å². The van der Waals surface area contributed by atoms with Gasteiger partial charge in [0.15, 0.2) is 11.6 Å². The highest BCUT2D eigenvalue weighted by Crippen LogP contribution is 2.52. The average Bonchev–Trinajstić information content (AvgIpc) is 3.09. The van der Waals surface area contributed by atoms with Crippen LogP contribution in [0.25, 0.3) is 0 Å². The third-order valence-corrected chi connectivity index (χ3v) is 7.17. The van der Waals surface area contributed by atoms with E-state index in [4.69, 9.17) is 4.65 Å². The zero-order valence-corrected chi connectivity index (χ0v) is 18.4. The molecular formula is C23H22B2FNO8. The number of anilines is 1. The SMILES string of the molecule is O=C1[C@H]2[C@H](CC(CO)=C3B(O)O[C@H](c4ccc(O)c(F)c4)C[C@H]32)C(=O)N1c1cccc(B(O)O)c1. The number of nitrogens with zero attached hydrogens (tertiary/aromatic N) is 1. The van der Waals surface area contributed by atoms with Crippen LogP contribution in [0.2, 0.25) is 0 Å². The monoisotopic (exact) mass is 481 g/mol. The zero-order chi connectivity index (χ0) is 25.0. The summed E-state index contributed by atoms with van der Waals surface area (Å²) in [6.45, 7) is -0.429. The minimum Gasteiger partial charge on any atom is -0.505 e. The molecule has 35 heavy (non-hydrogen) atoms. The van der Waals surface area contributed by atoms with Crippen molar-refractivity contribution in [1.29, 1.82) is 0 Å². The van der Waals surface area contributed by atoms with Crippen LogP contribution in [-0.2, 0) is 14.2 Å².